The van der Waals surface area contributed by atoms with E-state index in [4.69, 9.17) is 14.2 Å². The zero-order chi connectivity index (χ0) is 16.9. The second-order valence-corrected chi connectivity index (χ2v) is 5.60. The van der Waals surface area contributed by atoms with Crippen molar-refractivity contribution in [2.75, 3.05) is 19.9 Å². The van der Waals surface area contributed by atoms with Gasteiger partial charge >= 0.3 is 0 Å². The number of hydrogen-bond donors (Lipinski definition) is 1. The molecule has 2 heterocycles. The Kier molecular flexibility index (Phi) is 5.07. The van der Waals surface area contributed by atoms with Gasteiger partial charge in [0.1, 0.15) is 5.75 Å². The van der Waals surface area contributed by atoms with Crippen LogP contribution in [0.3, 0.4) is 0 Å². The quantitative estimate of drug-likeness (QED) is 0.500. The van der Waals surface area contributed by atoms with Gasteiger partial charge in [0.05, 0.1) is 17.6 Å². The highest BCUT2D eigenvalue weighted by atomic mass is 16.7. The Bertz CT molecular complexity index is 667. The van der Waals surface area contributed by atoms with Crippen LogP contribution in [0.25, 0.3) is 6.08 Å². The molecule has 2 aliphatic heterocycles. The Morgan fingerprint density at radius 2 is 2.33 bits per heavy atom. The van der Waals surface area contributed by atoms with Gasteiger partial charge < -0.3 is 19.5 Å². The minimum absolute atomic E-state index is 0.0633. The lowest BCUT2D eigenvalue weighted by Crippen LogP contribution is -2.30. The van der Waals surface area contributed by atoms with Crippen LogP contribution in [0.1, 0.15) is 24.0 Å². The van der Waals surface area contributed by atoms with E-state index in [1.54, 1.807) is 0 Å². The van der Waals surface area contributed by atoms with Crippen LogP contribution in [-0.4, -0.2) is 36.9 Å². The highest BCUT2D eigenvalue weighted by Crippen LogP contribution is 2.33. The van der Waals surface area contributed by atoms with Crippen molar-refractivity contribution in [2.24, 2.45) is 0 Å². The Labute approximate surface area is 138 Å². The molecule has 1 fully saturated rings. The molecule has 0 aliphatic carbocycles. The second-order valence-electron chi connectivity index (χ2n) is 5.60. The lowest BCUT2D eigenvalue weighted by Gasteiger charge is -2.19. The molecule has 24 heavy (non-hydrogen) atoms. The summed E-state index contributed by atoms with van der Waals surface area (Å²) in [6.07, 6.45) is 4.87. The van der Waals surface area contributed by atoms with Crippen molar-refractivity contribution in [1.29, 1.82) is 0 Å². The zero-order valence-electron chi connectivity index (χ0n) is 13.0. The molecule has 8 heteroatoms. The first kappa shape index (κ1) is 16.4. The third-order valence-electron chi connectivity index (χ3n) is 3.88. The van der Waals surface area contributed by atoms with E-state index in [0.717, 1.165) is 19.4 Å². The van der Waals surface area contributed by atoms with E-state index in [1.165, 1.54) is 24.3 Å². The van der Waals surface area contributed by atoms with E-state index >= 15 is 0 Å². The molecular formula is C16H18N2O6. The predicted molar refractivity (Wildman–Crippen MR) is 84.4 cm³/mol. The number of carbonyl (C=O) groups excluding carboxylic acids is 1. The van der Waals surface area contributed by atoms with Crippen molar-refractivity contribution < 1.29 is 23.9 Å². The van der Waals surface area contributed by atoms with E-state index in [-0.39, 0.29) is 31.1 Å². The molecule has 0 radical (unpaired) electrons. The summed E-state index contributed by atoms with van der Waals surface area (Å²) in [4.78, 5) is 22.5. The minimum atomic E-state index is -0.482. The second kappa shape index (κ2) is 7.41. The van der Waals surface area contributed by atoms with Gasteiger partial charge in [0, 0.05) is 42.5 Å². The van der Waals surface area contributed by atoms with E-state index < -0.39 is 4.92 Å². The molecule has 0 spiro atoms. The summed E-state index contributed by atoms with van der Waals surface area (Å²) in [5.41, 5.74) is 1.01. The van der Waals surface area contributed by atoms with Crippen LogP contribution in [0.15, 0.2) is 18.2 Å². The fourth-order valence-corrected chi connectivity index (χ4v) is 2.70. The van der Waals surface area contributed by atoms with Crippen molar-refractivity contribution in [2.45, 2.75) is 25.6 Å². The molecule has 0 bridgehead atoms. The summed E-state index contributed by atoms with van der Waals surface area (Å²) >= 11 is 0. The molecule has 8 nitrogen and oxygen atoms in total. The van der Waals surface area contributed by atoms with Crippen LogP contribution in [0.4, 0.5) is 5.69 Å². The van der Waals surface area contributed by atoms with Gasteiger partial charge in [-0.25, -0.2) is 0 Å². The maximum absolute atomic E-state index is 11.9. The molecule has 1 aromatic carbocycles. The van der Waals surface area contributed by atoms with Gasteiger partial charge in [0.2, 0.25) is 5.91 Å². The highest BCUT2D eigenvalue weighted by molar-refractivity contribution is 5.92. The summed E-state index contributed by atoms with van der Waals surface area (Å²) in [7, 11) is 0. The van der Waals surface area contributed by atoms with Crippen molar-refractivity contribution in [3.8, 4) is 5.75 Å². The fraction of sp³-hybridized carbons (Fsp3) is 0.438. The van der Waals surface area contributed by atoms with Crippen LogP contribution >= 0.6 is 0 Å². The lowest BCUT2D eigenvalue weighted by atomic mass is 10.1. The monoisotopic (exact) mass is 334 g/mol. The minimum Gasteiger partial charge on any atom is -0.467 e. The number of ether oxygens (including phenoxy) is 3. The van der Waals surface area contributed by atoms with Gasteiger partial charge in [-0.05, 0) is 18.9 Å². The van der Waals surface area contributed by atoms with Gasteiger partial charge in [-0.2, -0.15) is 0 Å². The number of nitro benzene ring substituents is 1. The third kappa shape index (κ3) is 3.90. The number of nitrogens with zero attached hydrogens (tertiary/aromatic N) is 1. The van der Waals surface area contributed by atoms with Crippen LogP contribution in [0.5, 0.6) is 5.75 Å². The Morgan fingerprint density at radius 1 is 1.46 bits per heavy atom. The molecule has 0 saturated carbocycles. The summed E-state index contributed by atoms with van der Waals surface area (Å²) in [6, 6.07) is 2.80. The Balaban J connectivity index is 1.71. The molecule has 1 amide bonds. The molecular weight excluding hydrogens is 316 g/mol. The molecule has 128 valence electrons. The average molecular weight is 334 g/mol. The van der Waals surface area contributed by atoms with Gasteiger partial charge in [-0.15, -0.1) is 0 Å². The number of nitrogens with one attached hydrogen (secondary N) is 1. The van der Waals surface area contributed by atoms with Gasteiger partial charge in [0.15, 0.2) is 6.79 Å². The first-order chi connectivity index (χ1) is 11.6. The largest absolute Gasteiger partial charge is 0.467 e. The Morgan fingerprint density at radius 3 is 3.08 bits per heavy atom. The van der Waals surface area contributed by atoms with Crippen molar-refractivity contribution >= 4 is 17.7 Å². The highest BCUT2D eigenvalue weighted by Gasteiger charge is 2.20. The number of benzene rings is 1. The van der Waals surface area contributed by atoms with Crippen molar-refractivity contribution in [3.05, 3.63) is 39.4 Å². The SMILES string of the molecule is O=C(C=Cc1cc([N+](=O)[O-])cc2c1OCOC2)NCC1CCCO1. The average Bonchev–Trinajstić information content (AvgIpc) is 3.11. The molecule has 1 aromatic rings. The van der Waals surface area contributed by atoms with Crippen LogP contribution in [-0.2, 0) is 20.9 Å². The molecule has 1 atom stereocenters. The Hall–Kier alpha value is -2.45. The molecule has 3 rings (SSSR count). The molecule has 1 N–H and O–H groups in total. The van der Waals surface area contributed by atoms with E-state index in [2.05, 4.69) is 5.32 Å². The first-order valence-corrected chi connectivity index (χ1v) is 7.73. The first-order valence-electron chi connectivity index (χ1n) is 7.73. The number of non-ortho nitro benzene ring substituents is 1. The fourth-order valence-electron chi connectivity index (χ4n) is 2.70. The van der Waals surface area contributed by atoms with E-state index in [9.17, 15) is 14.9 Å². The number of carbonyl (C=O) groups is 1. The topological polar surface area (TPSA) is 99.9 Å². The molecule has 1 unspecified atom stereocenters. The number of fused-ring (bicyclic) bond motifs is 1. The smallest absolute Gasteiger partial charge is 0.270 e. The summed E-state index contributed by atoms with van der Waals surface area (Å²) < 4.78 is 16.0. The molecule has 2 aliphatic rings. The number of hydrogen-bond acceptors (Lipinski definition) is 6. The molecule has 1 saturated heterocycles. The third-order valence-corrected chi connectivity index (χ3v) is 3.88. The van der Waals surface area contributed by atoms with E-state index in [0.29, 0.717) is 23.4 Å². The zero-order valence-corrected chi connectivity index (χ0v) is 13.0. The van der Waals surface area contributed by atoms with Crippen LogP contribution in [0.2, 0.25) is 0 Å². The molecule has 0 aromatic heterocycles. The van der Waals surface area contributed by atoms with Crippen molar-refractivity contribution in [3.63, 3.8) is 0 Å². The standard InChI is InChI=1S/C16H18N2O6/c19-15(17-8-14-2-1-5-23-14)4-3-11-6-13(18(20)21)7-12-9-22-10-24-16(11)12/h3-4,6-7,14H,1-2,5,8-10H2,(H,17,19). The normalized spacial score (nSPS) is 19.8. The van der Waals surface area contributed by atoms with Gasteiger partial charge in [-0.1, -0.05) is 0 Å². The summed E-state index contributed by atoms with van der Waals surface area (Å²) in [5.74, 6) is 0.229. The number of amides is 1. The maximum Gasteiger partial charge on any atom is 0.270 e. The number of rotatable bonds is 5. The summed E-state index contributed by atoms with van der Waals surface area (Å²) in [6.45, 7) is 1.51. The maximum atomic E-state index is 11.9. The lowest BCUT2D eigenvalue weighted by molar-refractivity contribution is -0.385. The van der Waals surface area contributed by atoms with Gasteiger partial charge in [-0.3, -0.25) is 14.9 Å². The van der Waals surface area contributed by atoms with Crippen molar-refractivity contribution in [1.82, 2.24) is 5.32 Å². The van der Waals surface area contributed by atoms with Gasteiger partial charge in [0.25, 0.3) is 5.69 Å². The predicted octanol–water partition coefficient (Wildman–Crippen LogP) is 1.77. The number of nitro groups is 1. The van der Waals surface area contributed by atoms with Crippen LogP contribution < -0.4 is 10.1 Å². The van der Waals surface area contributed by atoms with E-state index in [1.807, 2.05) is 0 Å². The van der Waals surface area contributed by atoms with Crippen LogP contribution in [0, 0.1) is 10.1 Å². The summed E-state index contributed by atoms with van der Waals surface area (Å²) in [5, 5.41) is 13.8.